The molecule has 0 aromatic rings. The van der Waals surface area contributed by atoms with Crippen molar-refractivity contribution in [3.8, 4) is 0 Å². The first kappa shape index (κ1) is 23.5. The van der Waals surface area contributed by atoms with Crippen molar-refractivity contribution >= 4 is 0 Å². The third-order valence-corrected chi connectivity index (χ3v) is 7.83. The van der Waals surface area contributed by atoms with Gasteiger partial charge in [0, 0.05) is 6.42 Å². The van der Waals surface area contributed by atoms with Crippen LogP contribution in [0.5, 0.6) is 0 Å². The summed E-state index contributed by atoms with van der Waals surface area (Å²) in [4.78, 5) is 0. The normalized spacial score (nSPS) is 36.2. The molecule has 3 aliphatic rings. The van der Waals surface area contributed by atoms with E-state index in [0.29, 0.717) is 24.7 Å². The number of aliphatic hydroxyl groups excluding tert-OH is 2. The van der Waals surface area contributed by atoms with Gasteiger partial charge in [-0.15, -0.1) is 0 Å². The van der Waals surface area contributed by atoms with Crippen LogP contribution in [0.15, 0.2) is 47.1 Å². The fraction of sp³-hybridized carbons (Fsp3) is 0.704. The molecule has 5 atom stereocenters. The Kier molecular flexibility index (Phi) is 7.16. The van der Waals surface area contributed by atoms with E-state index in [-0.39, 0.29) is 5.41 Å². The van der Waals surface area contributed by atoms with Crippen molar-refractivity contribution in [2.75, 3.05) is 0 Å². The third-order valence-electron chi connectivity index (χ3n) is 7.83. The summed E-state index contributed by atoms with van der Waals surface area (Å²) in [5, 5.41) is 30.2. The van der Waals surface area contributed by atoms with Crippen LogP contribution in [-0.2, 0) is 0 Å². The first-order chi connectivity index (χ1) is 14.0. The minimum atomic E-state index is -0.625. The van der Waals surface area contributed by atoms with Crippen molar-refractivity contribution in [1.29, 1.82) is 0 Å². The third kappa shape index (κ3) is 5.18. The SMILES string of the molecule is C=C1C(=CC=C2CCC[C@]3(C)C([C@H](C)CCCC(C)(C)O)=CCC23)C[C@@H](O)C[C@@H]1O. The average Bonchev–Trinajstić information content (AvgIpc) is 3.00. The van der Waals surface area contributed by atoms with Crippen LogP contribution in [0.25, 0.3) is 0 Å². The fourth-order valence-corrected chi connectivity index (χ4v) is 6.08. The van der Waals surface area contributed by atoms with Crippen molar-refractivity contribution in [2.45, 2.75) is 103 Å². The minimum absolute atomic E-state index is 0.235. The topological polar surface area (TPSA) is 60.7 Å². The van der Waals surface area contributed by atoms with Crippen LogP contribution >= 0.6 is 0 Å². The molecule has 3 heteroatoms. The summed E-state index contributed by atoms with van der Waals surface area (Å²) >= 11 is 0. The molecule has 2 fully saturated rings. The molecule has 0 amide bonds. The lowest BCUT2D eigenvalue weighted by atomic mass is 9.62. The van der Waals surface area contributed by atoms with Crippen molar-refractivity contribution in [1.82, 2.24) is 0 Å². The van der Waals surface area contributed by atoms with E-state index in [1.165, 1.54) is 18.4 Å². The van der Waals surface area contributed by atoms with Crippen molar-refractivity contribution in [2.24, 2.45) is 17.3 Å². The predicted octanol–water partition coefficient (Wildman–Crippen LogP) is 5.62. The molecule has 2 saturated carbocycles. The van der Waals surface area contributed by atoms with Crippen molar-refractivity contribution in [3.05, 3.63) is 47.1 Å². The first-order valence-electron chi connectivity index (χ1n) is 11.9. The van der Waals surface area contributed by atoms with Crippen molar-refractivity contribution in [3.63, 3.8) is 0 Å². The van der Waals surface area contributed by atoms with Crippen molar-refractivity contribution < 1.29 is 15.3 Å². The van der Waals surface area contributed by atoms with Gasteiger partial charge in [0.2, 0.25) is 0 Å². The average molecular weight is 415 g/mol. The summed E-state index contributed by atoms with van der Waals surface area (Å²) in [6.45, 7) is 12.7. The number of hydrogen-bond donors (Lipinski definition) is 3. The molecular weight excluding hydrogens is 372 g/mol. The summed E-state index contributed by atoms with van der Waals surface area (Å²) in [6, 6.07) is 0. The minimum Gasteiger partial charge on any atom is -0.393 e. The highest BCUT2D eigenvalue weighted by molar-refractivity contribution is 5.40. The Morgan fingerprint density at radius 3 is 2.73 bits per heavy atom. The van der Waals surface area contributed by atoms with E-state index < -0.39 is 17.8 Å². The van der Waals surface area contributed by atoms with Gasteiger partial charge in [0.05, 0.1) is 17.8 Å². The first-order valence-corrected chi connectivity index (χ1v) is 11.9. The molecule has 1 unspecified atom stereocenters. The number of allylic oxidation sites excluding steroid dienone is 5. The monoisotopic (exact) mass is 414 g/mol. The Hall–Kier alpha value is -1.16. The van der Waals surface area contributed by atoms with Gasteiger partial charge < -0.3 is 15.3 Å². The summed E-state index contributed by atoms with van der Waals surface area (Å²) in [5.74, 6) is 1.12. The van der Waals surface area contributed by atoms with Gasteiger partial charge in [-0.2, -0.15) is 0 Å². The van der Waals surface area contributed by atoms with E-state index in [1.807, 2.05) is 13.8 Å². The highest BCUT2D eigenvalue weighted by atomic mass is 16.3. The smallest absolute Gasteiger partial charge is 0.0811 e. The quantitative estimate of drug-likeness (QED) is 0.494. The summed E-state index contributed by atoms with van der Waals surface area (Å²) in [7, 11) is 0. The zero-order chi connectivity index (χ0) is 22.1. The number of rotatable bonds is 6. The van der Waals surface area contributed by atoms with E-state index in [4.69, 9.17) is 0 Å². The number of aliphatic hydroxyl groups is 3. The van der Waals surface area contributed by atoms with Gasteiger partial charge in [-0.05, 0) is 87.2 Å². The summed E-state index contributed by atoms with van der Waals surface area (Å²) < 4.78 is 0. The van der Waals surface area contributed by atoms with E-state index >= 15 is 0 Å². The molecule has 30 heavy (non-hydrogen) atoms. The standard InChI is InChI=1S/C27H42O3/c1-18(8-6-14-26(3,4)30)23-12-13-24-20(9-7-15-27(23,24)5)10-11-21-16-22(28)17-25(29)19(21)2/h10-12,18,22,24-25,28-30H,2,6-9,13-17H2,1,3-5H3/t18-,22-,24?,25+,27-/m1/s1. The molecule has 0 saturated heterocycles. The van der Waals surface area contributed by atoms with Gasteiger partial charge in [-0.25, -0.2) is 0 Å². The Morgan fingerprint density at radius 1 is 1.30 bits per heavy atom. The van der Waals surface area contributed by atoms with Gasteiger partial charge in [-0.1, -0.05) is 56.2 Å². The summed E-state index contributed by atoms with van der Waals surface area (Å²) in [6.07, 6.45) is 14.5. The maximum absolute atomic E-state index is 10.1. The molecule has 0 aromatic carbocycles. The van der Waals surface area contributed by atoms with E-state index in [1.54, 1.807) is 5.57 Å². The zero-order valence-electron chi connectivity index (χ0n) is 19.5. The number of hydrogen-bond acceptors (Lipinski definition) is 3. The molecule has 3 aliphatic carbocycles. The van der Waals surface area contributed by atoms with Crippen LogP contribution < -0.4 is 0 Å². The lowest BCUT2D eigenvalue weighted by molar-refractivity contribution is 0.0670. The Balaban J connectivity index is 1.71. The van der Waals surface area contributed by atoms with Gasteiger partial charge in [0.1, 0.15) is 0 Å². The largest absolute Gasteiger partial charge is 0.393 e. The van der Waals surface area contributed by atoms with Gasteiger partial charge >= 0.3 is 0 Å². The maximum Gasteiger partial charge on any atom is 0.0811 e. The van der Waals surface area contributed by atoms with Crippen LogP contribution in [0.3, 0.4) is 0 Å². The second-order valence-corrected chi connectivity index (χ2v) is 10.9. The molecule has 3 rings (SSSR count). The molecule has 3 N–H and O–H groups in total. The lowest BCUT2D eigenvalue weighted by Crippen LogP contribution is -2.32. The molecule has 168 valence electrons. The zero-order valence-corrected chi connectivity index (χ0v) is 19.5. The molecule has 0 heterocycles. The highest BCUT2D eigenvalue weighted by Crippen LogP contribution is 2.57. The van der Waals surface area contributed by atoms with E-state index in [2.05, 4.69) is 38.7 Å². The second-order valence-electron chi connectivity index (χ2n) is 10.9. The van der Waals surface area contributed by atoms with Crippen LogP contribution in [-0.4, -0.2) is 33.1 Å². The van der Waals surface area contributed by atoms with Crippen LogP contribution in [0.2, 0.25) is 0 Å². The molecule has 0 aliphatic heterocycles. The van der Waals surface area contributed by atoms with Gasteiger partial charge in [0.25, 0.3) is 0 Å². The van der Waals surface area contributed by atoms with E-state index in [0.717, 1.165) is 43.3 Å². The van der Waals surface area contributed by atoms with Gasteiger partial charge in [0.15, 0.2) is 0 Å². The molecule has 0 aromatic heterocycles. The fourth-order valence-electron chi connectivity index (χ4n) is 6.08. The summed E-state index contributed by atoms with van der Waals surface area (Å²) in [5.41, 5.74) is 4.55. The predicted molar refractivity (Wildman–Crippen MR) is 124 cm³/mol. The highest BCUT2D eigenvalue weighted by Gasteiger charge is 2.45. The Morgan fingerprint density at radius 2 is 2.03 bits per heavy atom. The Labute approximate surface area is 183 Å². The van der Waals surface area contributed by atoms with Crippen LogP contribution in [0, 0.1) is 17.3 Å². The maximum atomic E-state index is 10.1. The molecule has 3 nitrogen and oxygen atoms in total. The molecule has 0 bridgehead atoms. The second kappa shape index (κ2) is 9.14. The van der Waals surface area contributed by atoms with Crippen LogP contribution in [0.1, 0.15) is 85.5 Å². The Bertz CT molecular complexity index is 736. The van der Waals surface area contributed by atoms with Crippen LogP contribution in [0.4, 0.5) is 0 Å². The molecule has 0 radical (unpaired) electrons. The van der Waals surface area contributed by atoms with E-state index in [9.17, 15) is 15.3 Å². The molecule has 0 spiro atoms. The lowest BCUT2D eigenvalue weighted by Gasteiger charge is -2.42. The number of fused-ring (bicyclic) bond motifs is 1. The molecular formula is C27H42O3. The van der Waals surface area contributed by atoms with Gasteiger partial charge in [-0.3, -0.25) is 0 Å².